The van der Waals surface area contributed by atoms with Gasteiger partial charge in [-0.05, 0) is 98.9 Å². The molecule has 4 heterocycles. The van der Waals surface area contributed by atoms with Gasteiger partial charge in [0.2, 0.25) is 0 Å². The summed E-state index contributed by atoms with van der Waals surface area (Å²) < 4.78 is 39.8. The molecular formula is C51H86N6O14. The fourth-order valence-electron chi connectivity index (χ4n) is 11.5. The van der Waals surface area contributed by atoms with Gasteiger partial charge in [0, 0.05) is 81.8 Å². The smallest absolute Gasteiger partial charge is 0.309 e. The predicted molar refractivity (Wildman–Crippen MR) is 263 cm³/mol. The zero-order chi connectivity index (χ0) is 52.9. The van der Waals surface area contributed by atoms with Crippen molar-refractivity contribution < 1.29 is 63.7 Å². The Kier molecular flexibility index (Phi) is 20.0. The van der Waals surface area contributed by atoms with Crippen LogP contribution in [0.25, 0.3) is 0 Å². The van der Waals surface area contributed by atoms with Gasteiger partial charge in [-0.3, -0.25) is 19.6 Å². The highest BCUT2D eigenvalue weighted by molar-refractivity contribution is 5.73. The number of methoxy groups -OCH3 is 1. The third-order valence-electron chi connectivity index (χ3n) is 15.8. The maximum atomic E-state index is 14.6. The number of aliphatic hydroxyl groups is 5. The third-order valence-corrected chi connectivity index (χ3v) is 15.8. The first kappa shape index (κ1) is 58.5. The molecule has 2 aromatic rings. The minimum atomic E-state index is -1.82. The average Bonchev–Trinajstić information content (AvgIpc) is 3.76. The van der Waals surface area contributed by atoms with E-state index in [1.165, 1.54) is 26.2 Å². The summed E-state index contributed by atoms with van der Waals surface area (Å²) in [6.07, 6.45) is -5.08. The lowest BCUT2D eigenvalue weighted by Crippen LogP contribution is -2.62. The van der Waals surface area contributed by atoms with Gasteiger partial charge in [0.05, 0.1) is 58.8 Å². The molecule has 0 bridgehead atoms. The van der Waals surface area contributed by atoms with Crippen LogP contribution < -0.4 is 4.74 Å². The lowest BCUT2D eigenvalue weighted by atomic mass is 9.68. The number of aromatic nitrogens is 3. The number of nitrogens with zero attached hydrogens (tertiary/aromatic N) is 6. The number of carbonyl (C=O) groups is 1. The second-order valence-corrected chi connectivity index (χ2v) is 22.1. The van der Waals surface area contributed by atoms with Crippen LogP contribution in [0.2, 0.25) is 0 Å². The Morgan fingerprint density at radius 2 is 1.68 bits per heavy atom. The van der Waals surface area contributed by atoms with E-state index in [9.17, 15) is 40.4 Å². The van der Waals surface area contributed by atoms with E-state index in [0.29, 0.717) is 44.8 Å². The molecule has 0 aliphatic carbocycles. The molecule has 3 saturated heterocycles. The normalized spacial score (nSPS) is 39.8. The van der Waals surface area contributed by atoms with Crippen molar-refractivity contribution in [3.05, 3.63) is 46.3 Å². The number of nitro benzene ring substituents is 1. The monoisotopic (exact) mass is 1010 g/mol. The van der Waals surface area contributed by atoms with Gasteiger partial charge in [0.25, 0.3) is 5.69 Å². The molecule has 20 nitrogen and oxygen atoms in total. The Bertz CT molecular complexity index is 2010. The van der Waals surface area contributed by atoms with Crippen molar-refractivity contribution in [2.45, 2.75) is 199 Å². The zero-order valence-corrected chi connectivity index (χ0v) is 44.6. The molecule has 0 amide bonds. The fraction of sp³-hybridized carbons (Fsp3) is 0.824. The standard InChI is InChI=1S/C51H86N6O14/c1-15-41-51(11,63)44(59)34(7)55(13)25-29(2)23-49(9,62)46(32(5)42(33(6)47(61)70-41)40-24-50(10,66-14)45(60)35(8)69-40)71-48-43(58)39(22-31(4)68-48)54(12)21-20-36-27-56(53-52-36)26-30(3)28-67-38-18-16-37(17-19-38)57(64)65/h16-19,27,29-35,39-46,48,58-60,62-63H,15,20-26,28H2,1-14H3/t29-,30+,31-,32+,33-,34-,35+,39+,40?,41-,42+,43-,44-,45+,46-,48+,49-,50-,51-/m1/s1. The van der Waals surface area contributed by atoms with Crippen LogP contribution in [0.1, 0.15) is 108 Å². The van der Waals surface area contributed by atoms with Crippen LogP contribution in [0.15, 0.2) is 30.5 Å². The number of cyclic esters (lactones) is 1. The van der Waals surface area contributed by atoms with Crippen molar-refractivity contribution in [2.75, 3.05) is 40.9 Å². The largest absolute Gasteiger partial charge is 0.493 e. The van der Waals surface area contributed by atoms with Crippen LogP contribution in [0, 0.1) is 39.7 Å². The number of ether oxygens (including phenoxy) is 6. The van der Waals surface area contributed by atoms with Gasteiger partial charge in [-0.2, -0.15) is 0 Å². The molecule has 1 aromatic carbocycles. The van der Waals surface area contributed by atoms with Crippen LogP contribution in [-0.2, 0) is 41.4 Å². The SMILES string of the molecule is CC[C@H]1OC(=O)[C@H](C)[C@@H](C2C[C@@](C)(OC)[C@@H](O)[C@H](C)O2)[C@H](C)[C@@H](O[C@@H]2O[C@H](C)C[C@H](N(C)CCc3cn(C[C@H](C)COc4ccc([N+](=O)[O-])cc4)nn3)[C@H]2O)[C@](C)(O)C[C@@H](C)CN(C)[C@H](C)[C@@H](O)[C@]1(C)O. The summed E-state index contributed by atoms with van der Waals surface area (Å²) in [6.45, 7) is 21.7. The van der Waals surface area contributed by atoms with Crippen molar-refractivity contribution in [3.63, 3.8) is 0 Å². The maximum Gasteiger partial charge on any atom is 0.309 e. The molecule has 3 aliphatic heterocycles. The number of non-ortho nitro benzene ring substituents is 1. The van der Waals surface area contributed by atoms with Gasteiger partial charge in [0.1, 0.15) is 35.8 Å². The Balaban J connectivity index is 1.39. The Hall–Kier alpha value is -3.41. The van der Waals surface area contributed by atoms with Crippen molar-refractivity contribution >= 4 is 11.7 Å². The van der Waals surface area contributed by atoms with E-state index < -0.39 is 107 Å². The summed E-state index contributed by atoms with van der Waals surface area (Å²) in [5, 5.41) is 79.8. The minimum Gasteiger partial charge on any atom is -0.493 e. The van der Waals surface area contributed by atoms with Crippen molar-refractivity contribution in [2.24, 2.45) is 29.6 Å². The molecule has 19 atom stereocenters. The second-order valence-electron chi connectivity index (χ2n) is 22.1. The number of hydrogen-bond acceptors (Lipinski definition) is 18. The highest BCUT2D eigenvalue weighted by atomic mass is 16.7. The molecule has 0 spiro atoms. The van der Waals surface area contributed by atoms with Gasteiger partial charge in [-0.1, -0.05) is 39.8 Å². The number of benzene rings is 1. The van der Waals surface area contributed by atoms with E-state index in [1.54, 1.807) is 58.4 Å². The van der Waals surface area contributed by atoms with Gasteiger partial charge in [-0.15, -0.1) is 5.10 Å². The summed E-state index contributed by atoms with van der Waals surface area (Å²) in [4.78, 5) is 29.1. The number of carbonyl (C=O) groups excluding carboxylic acids is 1. The van der Waals surface area contributed by atoms with Crippen LogP contribution >= 0.6 is 0 Å². The molecule has 0 saturated carbocycles. The Morgan fingerprint density at radius 3 is 2.30 bits per heavy atom. The highest BCUT2D eigenvalue weighted by Crippen LogP contribution is 2.45. The van der Waals surface area contributed by atoms with Crippen molar-refractivity contribution in [1.82, 2.24) is 24.8 Å². The second kappa shape index (κ2) is 24.3. The Morgan fingerprint density at radius 1 is 1.01 bits per heavy atom. The van der Waals surface area contributed by atoms with E-state index in [0.717, 1.165) is 5.69 Å². The van der Waals surface area contributed by atoms with Crippen molar-refractivity contribution in [1.29, 1.82) is 0 Å². The molecule has 0 radical (unpaired) electrons. The molecule has 71 heavy (non-hydrogen) atoms. The van der Waals surface area contributed by atoms with E-state index in [2.05, 4.69) is 15.2 Å². The van der Waals surface area contributed by atoms with Gasteiger partial charge >= 0.3 is 5.97 Å². The highest BCUT2D eigenvalue weighted by Gasteiger charge is 2.55. The molecule has 3 fully saturated rings. The van der Waals surface area contributed by atoms with Crippen LogP contribution in [0.3, 0.4) is 0 Å². The molecule has 1 unspecified atom stereocenters. The quantitative estimate of drug-likeness (QED) is 0.0960. The van der Waals surface area contributed by atoms with Gasteiger partial charge in [-0.25, -0.2) is 0 Å². The lowest BCUT2D eigenvalue weighted by Gasteiger charge is -2.51. The van der Waals surface area contributed by atoms with E-state index in [-0.39, 0.29) is 42.9 Å². The number of rotatable bonds is 15. The Labute approximate surface area is 420 Å². The number of hydrogen-bond donors (Lipinski definition) is 5. The molecule has 5 rings (SSSR count). The summed E-state index contributed by atoms with van der Waals surface area (Å²) in [5.74, 6) is -2.60. The number of nitro groups is 1. The topological polar surface area (TPSA) is 254 Å². The fourth-order valence-corrected chi connectivity index (χ4v) is 11.5. The summed E-state index contributed by atoms with van der Waals surface area (Å²) >= 11 is 0. The third kappa shape index (κ3) is 14.1. The number of likely N-dealkylation sites (N-methyl/N-ethyl adjacent to an activating group) is 2. The van der Waals surface area contributed by atoms with Crippen LogP contribution in [0.5, 0.6) is 5.75 Å². The van der Waals surface area contributed by atoms with Gasteiger partial charge in [0.15, 0.2) is 6.29 Å². The number of aliphatic hydroxyl groups excluding tert-OH is 3. The van der Waals surface area contributed by atoms with Crippen LogP contribution in [0.4, 0.5) is 5.69 Å². The average molecular weight is 1010 g/mol. The molecule has 1 aromatic heterocycles. The first-order valence-electron chi connectivity index (χ1n) is 25.5. The molecule has 3 aliphatic rings. The van der Waals surface area contributed by atoms with Crippen LogP contribution in [-0.4, -0.2) is 186 Å². The minimum absolute atomic E-state index is 0.00447. The lowest BCUT2D eigenvalue weighted by molar-refractivity contribution is -0.384. The zero-order valence-electron chi connectivity index (χ0n) is 44.6. The van der Waals surface area contributed by atoms with E-state index in [1.807, 2.05) is 52.9 Å². The van der Waals surface area contributed by atoms with Gasteiger partial charge < -0.3 is 63.8 Å². The molecule has 5 N–H and O–H groups in total. The molecular weight excluding hydrogens is 921 g/mol. The molecule has 404 valence electrons. The maximum absolute atomic E-state index is 14.6. The predicted octanol–water partition coefficient (Wildman–Crippen LogP) is 4.00. The summed E-state index contributed by atoms with van der Waals surface area (Å²) in [7, 11) is 5.30. The molecule has 20 heteroatoms. The van der Waals surface area contributed by atoms with Crippen molar-refractivity contribution in [3.8, 4) is 5.75 Å². The first-order valence-corrected chi connectivity index (χ1v) is 25.5. The summed E-state index contributed by atoms with van der Waals surface area (Å²) in [6, 6.07) is 4.97. The summed E-state index contributed by atoms with van der Waals surface area (Å²) in [5.41, 5.74) is -3.73. The van der Waals surface area contributed by atoms with E-state index in [4.69, 9.17) is 28.4 Å². The first-order chi connectivity index (χ1) is 33.1. The van der Waals surface area contributed by atoms with E-state index >= 15 is 0 Å². The number of esters is 1.